The van der Waals surface area contributed by atoms with E-state index >= 15 is 0 Å². The van der Waals surface area contributed by atoms with Crippen LogP contribution in [0.4, 0.5) is 5.69 Å². The number of hydrogen-bond donors (Lipinski definition) is 2. The highest BCUT2D eigenvalue weighted by molar-refractivity contribution is 5.99. The third-order valence-corrected chi connectivity index (χ3v) is 2.58. The van der Waals surface area contributed by atoms with Gasteiger partial charge in [-0.15, -0.1) is 12.4 Å². The molecule has 19 heavy (non-hydrogen) atoms. The van der Waals surface area contributed by atoms with Gasteiger partial charge in [-0.25, -0.2) is 0 Å². The maximum absolute atomic E-state index is 11.8. The fourth-order valence-corrected chi connectivity index (χ4v) is 1.46. The van der Waals surface area contributed by atoms with Crippen LogP contribution in [0.5, 0.6) is 0 Å². The number of nitrogen functional groups attached to an aromatic ring is 1. The second kappa shape index (κ2) is 9.64. The molecule has 1 rings (SSSR count). The number of hydrogen-bond acceptors (Lipinski definition) is 3. The molecule has 4 nitrogen and oxygen atoms in total. The van der Waals surface area contributed by atoms with E-state index in [0.29, 0.717) is 30.3 Å². The predicted octanol–water partition coefficient (Wildman–Crippen LogP) is 2.48. The molecule has 0 aliphatic rings. The standard InChI is InChI=1S/C14H22N2O2.ClH/c1-11(2)7-9-18-10-8-16-14(17)12-5-3-4-6-13(12)15;/h3-6,11H,7-10,15H2,1-2H3,(H,16,17);1H. The van der Waals surface area contributed by atoms with Crippen molar-refractivity contribution < 1.29 is 9.53 Å². The van der Waals surface area contributed by atoms with E-state index in [1.165, 1.54) is 0 Å². The summed E-state index contributed by atoms with van der Waals surface area (Å²) >= 11 is 0. The van der Waals surface area contributed by atoms with Crippen LogP contribution in [0, 0.1) is 5.92 Å². The molecule has 3 N–H and O–H groups in total. The summed E-state index contributed by atoms with van der Waals surface area (Å²) in [5, 5.41) is 2.78. The van der Waals surface area contributed by atoms with Crippen molar-refractivity contribution in [3.05, 3.63) is 29.8 Å². The van der Waals surface area contributed by atoms with E-state index in [0.717, 1.165) is 13.0 Å². The molecule has 1 amide bonds. The molecule has 0 bridgehead atoms. The van der Waals surface area contributed by atoms with Gasteiger partial charge in [0.1, 0.15) is 0 Å². The minimum absolute atomic E-state index is 0. The SMILES string of the molecule is CC(C)CCOCCNC(=O)c1ccccc1N.Cl. The molecule has 0 saturated carbocycles. The Hall–Kier alpha value is -1.26. The molecule has 5 heteroatoms. The number of halogens is 1. The fraction of sp³-hybridized carbons (Fsp3) is 0.500. The normalized spacial score (nSPS) is 10.1. The topological polar surface area (TPSA) is 64.3 Å². The molecule has 0 saturated heterocycles. The second-order valence-corrected chi connectivity index (χ2v) is 4.64. The molecule has 0 spiro atoms. The van der Waals surface area contributed by atoms with Gasteiger partial charge in [0.25, 0.3) is 5.91 Å². The van der Waals surface area contributed by atoms with Crippen LogP contribution in [0.3, 0.4) is 0 Å². The average Bonchev–Trinajstić information content (AvgIpc) is 2.33. The first kappa shape index (κ1) is 17.7. The summed E-state index contributed by atoms with van der Waals surface area (Å²) in [5.41, 5.74) is 6.72. The number of nitrogens with two attached hydrogens (primary N) is 1. The Morgan fingerprint density at radius 3 is 2.63 bits per heavy atom. The number of para-hydroxylation sites is 1. The number of carbonyl (C=O) groups excluding carboxylic acids is 1. The molecule has 0 unspecified atom stereocenters. The number of benzene rings is 1. The van der Waals surface area contributed by atoms with E-state index in [4.69, 9.17) is 10.5 Å². The zero-order chi connectivity index (χ0) is 13.4. The van der Waals surface area contributed by atoms with Crippen molar-refractivity contribution in [2.75, 3.05) is 25.5 Å². The van der Waals surface area contributed by atoms with Gasteiger partial charge in [0.15, 0.2) is 0 Å². The van der Waals surface area contributed by atoms with Crippen molar-refractivity contribution in [3.8, 4) is 0 Å². The number of ether oxygens (including phenoxy) is 1. The summed E-state index contributed by atoms with van der Waals surface area (Å²) in [6.07, 6.45) is 1.04. The molecular formula is C14H23ClN2O2. The molecule has 0 aromatic heterocycles. The Balaban J connectivity index is 0.00000324. The van der Waals surface area contributed by atoms with Crippen molar-refractivity contribution in [3.63, 3.8) is 0 Å². The summed E-state index contributed by atoms with van der Waals surface area (Å²) in [6, 6.07) is 7.03. The van der Waals surface area contributed by atoms with Crippen LogP contribution >= 0.6 is 12.4 Å². The van der Waals surface area contributed by atoms with Crippen molar-refractivity contribution in [1.82, 2.24) is 5.32 Å². The summed E-state index contributed by atoms with van der Waals surface area (Å²) in [4.78, 5) is 11.8. The Bertz CT molecular complexity index is 383. The van der Waals surface area contributed by atoms with Gasteiger partial charge in [0.05, 0.1) is 12.2 Å². The molecule has 0 fully saturated rings. The van der Waals surface area contributed by atoms with Crippen molar-refractivity contribution in [2.24, 2.45) is 5.92 Å². The minimum Gasteiger partial charge on any atom is -0.398 e. The number of amides is 1. The third-order valence-electron chi connectivity index (χ3n) is 2.58. The number of nitrogens with one attached hydrogen (secondary N) is 1. The smallest absolute Gasteiger partial charge is 0.253 e. The lowest BCUT2D eigenvalue weighted by Gasteiger charge is -2.08. The van der Waals surface area contributed by atoms with E-state index in [2.05, 4.69) is 19.2 Å². The zero-order valence-electron chi connectivity index (χ0n) is 11.5. The van der Waals surface area contributed by atoms with Crippen molar-refractivity contribution in [2.45, 2.75) is 20.3 Å². The molecular weight excluding hydrogens is 264 g/mol. The van der Waals surface area contributed by atoms with E-state index in [1.807, 2.05) is 0 Å². The monoisotopic (exact) mass is 286 g/mol. The molecule has 0 atom stereocenters. The van der Waals surface area contributed by atoms with Crippen molar-refractivity contribution in [1.29, 1.82) is 0 Å². The van der Waals surface area contributed by atoms with Gasteiger partial charge >= 0.3 is 0 Å². The Morgan fingerprint density at radius 1 is 1.32 bits per heavy atom. The highest BCUT2D eigenvalue weighted by atomic mass is 35.5. The van der Waals surface area contributed by atoms with E-state index < -0.39 is 0 Å². The average molecular weight is 287 g/mol. The second-order valence-electron chi connectivity index (χ2n) is 4.64. The summed E-state index contributed by atoms with van der Waals surface area (Å²) in [6.45, 7) is 6.09. The zero-order valence-corrected chi connectivity index (χ0v) is 12.3. The lowest BCUT2D eigenvalue weighted by molar-refractivity contribution is 0.0906. The molecule has 108 valence electrons. The first-order valence-electron chi connectivity index (χ1n) is 6.31. The van der Waals surface area contributed by atoms with Crippen LogP contribution in [0.15, 0.2) is 24.3 Å². The van der Waals surface area contributed by atoms with Gasteiger partial charge in [-0.3, -0.25) is 4.79 Å². The van der Waals surface area contributed by atoms with Crippen LogP contribution in [-0.4, -0.2) is 25.7 Å². The number of rotatable bonds is 7. The highest BCUT2D eigenvalue weighted by Crippen LogP contribution is 2.09. The maximum atomic E-state index is 11.8. The Kier molecular flexibility index (Phi) is 9.00. The third kappa shape index (κ3) is 7.03. The summed E-state index contributed by atoms with van der Waals surface area (Å²) in [5.74, 6) is 0.490. The summed E-state index contributed by atoms with van der Waals surface area (Å²) < 4.78 is 5.42. The van der Waals surface area contributed by atoms with Gasteiger partial charge in [-0.2, -0.15) is 0 Å². The Morgan fingerprint density at radius 2 is 2.00 bits per heavy atom. The summed E-state index contributed by atoms with van der Waals surface area (Å²) in [7, 11) is 0. The predicted molar refractivity (Wildman–Crippen MR) is 80.7 cm³/mol. The Labute approximate surface area is 121 Å². The van der Waals surface area contributed by atoms with Gasteiger partial charge < -0.3 is 15.8 Å². The van der Waals surface area contributed by atoms with Gasteiger partial charge in [-0.05, 0) is 24.5 Å². The van der Waals surface area contributed by atoms with Gasteiger partial charge in [0, 0.05) is 18.8 Å². The highest BCUT2D eigenvalue weighted by Gasteiger charge is 2.07. The molecule has 0 radical (unpaired) electrons. The molecule has 1 aromatic rings. The van der Waals surface area contributed by atoms with Gasteiger partial charge in [-0.1, -0.05) is 26.0 Å². The lowest BCUT2D eigenvalue weighted by Crippen LogP contribution is -2.28. The largest absolute Gasteiger partial charge is 0.398 e. The van der Waals surface area contributed by atoms with Crippen molar-refractivity contribution >= 4 is 24.0 Å². The van der Waals surface area contributed by atoms with E-state index in [1.54, 1.807) is 24.3 Å². The first-order chi connectivity index (χ1) is 8.61. The van der Waals surface area contributed by atoms with Crippen LogP contribution in [-0.2, 0) is 4.74 Å². The molecule has 0 heterocycles. The quantitative estimate of drug-likeness (QED) is 0.598. The molecule has 0 aliphatic carbocycles. The van der Waals surface area contributed by atoms with Crippen LogP contribution in [0.25, 0.3) is 0 Å². The number of carbonyl (C=O) groups is 1. The molecule has 1 aromatic carbocycles. The van der Waals surface area contributed by atoms with E-state index in [9.17, 15) is 4.79 Å². The van der Waals surface area contributed by atoms with E-state index in [-0.39, 0.29) is 18.3 Å². The minimum atomic E-state index is -0.152. The number of anilines is 1. The van der Waals surface area contributed by atoms with Crippen LogP contribution < -0.4 is 11.1 Å². The van der Waals surface area contributed by atoms with Crippen LogP contribution in [0.1, 0.15) is 30.6 Å². The lowest BCUT2D eigenvalue weighted by atomic mass is 10.1. The fourth-order valence-electron chi connectivity index (χ4n) is 1.46. The maximum Gasteiger partial charge on any atom is 0.253 e. The first-order valence-corrected chi connectivity index (χ1v) is 6.31. The molecule has 0 aliphatic heterocycles. The van der Waals surface area contributed by atoms with Gasteiger partial charge in [0.2, 0.25) is 0 Å². The van der Waals surface area contributed by atoms with Crippen LogP contribution in [0.2, 0.25) is 0 Å².